The molecule has 0 aromatic heterocycles. The van der Waals surface area contributed by atoms with E-state index in [1.807, 2.05) is 0 Å². The Kier molecular flexibility index (Phi) is 5.92. The normalized spacial score (nSPS) is 30.6. The van der Waals surface area contributed by atoms with Crippen molar-refractivity contribution in [2.75, 3.05) is 26.2 Å². The molecule has 0 bridgehead atoms. The minimum absolute atomic E-state index is 0.478. The van der Waals surface area contributed by atoms with E-state index < -0.39 is 0 Å². The fourth-order valence-electron chi connectivity index (χ4n) is 4.40. The van der Waals surface area contributed by atoms with Gasteiger partial charge in [0.2, 0.25) is 0 Å². The molecule has 2 unspecified atom stereocenters. The Bertz CT molecular complexity index is 274. The van der Waals surface area contributed by atoms with Crippen LogP contribution in [0.4, 0.5) is 0 Å². The quantitative estimate of drug-likeness (QED) is 0.840. The van der Waals surface area contributed by atoms with Gasteiger partial charge in [-0.25, -0.2) is 0 Å². The summed E-state index contributed by atoms with van der Waals surface area (Å²) in [5.74, 6) is 1.82. The Labute approximate surface area is 126 Å². The highest BCUT2D eigenvalue weighted by molar-refractivity contribution is 4.91. The molecule has 0 aromatic carbocycles. The molecule has 2 rings (SSSR count). The topological polar surface area (TPSA) is 15.3 Å². The summed E-state index contributed by atoms with van der Waals surface area (Å²) in [4.78, 5) is 2.84. The molecular formula is C18H36N2. The van der Waals surface area contributed by atoms with Crippen LogP contribution in [0.15, 0.2) is 0 Å². The third kappa shape index (κ3) is 4.21. The SMILES string of the molecule is CCNCC1CCN(C2CCCCC2C(C)(C)C)CC1. The van der Waals surface area contributed by atoms with Crippen molar-refractivity contribution in [2.24, 2.45) is 17.3 Å². The minimum Gasteiger partial charge on any atom is -0.317 e. The van der Waals surface area contributed by atoms with Crippen LogP contribution in [0.2, 0.25) is 0 Å². The summed E-state index contributed by atoms with van der Waals surface area (Å²) in [6.45, 7) is 14.6. The van der Waals surface area contributed by atoms with E-state index in [0.29, 0.717) is 5.41 Å². The lowest BCUT2D eigenvalue weighted by Gasteiger charge is -2.48. The fourth-order valence-corrected chi connectivity index (χ4v) is 4.40. The first-order valence-electron chi connectivity index (χ1n) is 8.97. The van der Waals surface area contributed by atoms with Gasteiger partial charge in [-0.05, 0) is 69.1 Å². The number of nitrogens with zero attached hydrogens (tertiary/aromatic N) is 1. The lowest BCUT2D eigenvalue weighted by atomic mass is 9.68. The predicted octanol–water partition coefficient (Wildman–Crippen LogP) is 3.91. The molecule has 0 aromatic rings. The molecule has 1 aliphatic carbocycles. The zero-order chi connectivity index (χ0) is 14.6. The van der Waals surface area contributed by atoms with Crippen LogP contribution in [0.25, 0.3) is 0 Å². The second-order valence-corrected chi connectivity index (χ2v) is 8.11. The predicted molar refractivity (Wildman–Crippen MR) is 88.0 cm³/mol. The van der Waals surface area contributed by atoms with Gasteiger partial charge in [-0.2, -0.15) is 0 Å². The third-order valence-corrected chi connectivity index (χ3v) is 5.64. The zero-order valence-corrected chi connectivity index (χ0v) is 14.3. The van der Waals surface area contributed by atoms with E-state index in [2.05, 4.69) is 37.9 Å². The van der Waals surface area contributed by atoms with Gasteiger partial charge in [-0.15, -0.1) is 0 Å². The van der Waals surface area contributed by atoms with Crippen molar-refractivity contribution < 1.29 is 0 Å². The molecule has 1 saturated heterocycles. The van der Waals surface area contributed by atoms with Crippen molar-refractivity contribution in [1.82, 2.24) is 10.2 Å². The molecule has 2 atom stereocenters. The number of likely N-dealkylation sites (tertiary alicyclic amines) is 1. The van der Waals surface area contributed by atoms with Crippen LogP contribution >= 0.6 is 0 Å². The highest BCUT2D eigenvalue weighted by Crippen LogP contribution is 2.41. The summed E-state index contributed by atoms with van der Waals surface area (Å²) in [6, 6.07) is 0.865. The average molecular weight is 280 g/mol. The van der Waals surface area contributed by atoms with Crippen molar-refractivity contribution in [2.45, 2.75) is 72.3 Å². The van der Waals surface area contributed by atoms with Crippen molar-refractivity contribution in [3.8, 4) is 0 Å². The first kappa shape index (κ1) is 16.3. The van der Waals surface area contributed by atoms with Gasteiger partial charge in [-0.3, -0.25) is 0 Å². The van der Waals surface area contributed by atoms with E-state index in [1.54, 1.807) is 0 Å². The molecule has 1 heterocycles. The first-order chi connectivity index (χ1) is 9.52. The van der Waals surface area contributed by atoms with Gasteiger partial charge < -0.3 is 10.2 Å². The molecule has 0 radical (unpaired) electrons. The molecule has 2 aliphatic rings. The molecular weight excluding hydrogens is 244 g/mol. The van der Waals surface area contributed by atoms with Crippen LogP contribution < -0.4 is 5.32 Å². The maximum Gasteiger partial charge on any atom is 0.0128 e. The van der Waals surface area contributed by atoms with E-state index in [1.165, 1.54) is 58.2 Å². The number of hydrogen-bond acceptors (Lipinski definition) is 2. The van der Waals surface area contributed by atoms with Gasteiger partial charge in [0.25, 0.3) is 0 Å². The van der Waals surface area contributed by atoms with Crippen LogP contribution in [0.1, 0.15) is 66.2 Å². The largest absolute Gasteiger partial charge is 0.317 e. The Morgan fingerprint density at radius 2 is 1.65 bits per heavy atom. The highest BCUT2D eigenvalue weighted by atomic mass is 15.2. The highest BCUT2D eigenvalue weighted by Gasteiger charge is 2.38. The Hall–Kier alpha value is -0.0800. The van der Waals surface area contributed by atoms with Crippen LogP contribution in [0.3, 0.4) is 0 Å². The van der Waals surface area contributed by atoms with Gasteiger partial charge in [0.05, 0.1) is 0 Å². The van der Waals surface area contributed by atoms with E-state index in [4.69, 9.17) is 0 Å². The molecule has 20 heavy (non-hydrogen) atoms. The molecule has 0 amide bonds. The summed E-state index contributed by atoms with van der Waals surface area (Å²) in [5.41, 5.74) is 0.478. The number of rotatable bonds is 4. The smallest absolute Gasteiger partial charge is 0.0128 e. The van der Waals surface area contributed by atoms with E-state index in [0.717, 1.165) is 24.4 Å². The monoisotopic (exact) mass is 280 g/mol. The molecule has 0 spiro atoms. The van der Waals surface area contributed by atoms with Crippen LogP contribution in [-0.2, 0) is 0 Å². The van der Waals surface area contributed by atoms with Crippen LogP contribution in [-0.4, -0.2) is 37.1 Å². The van der Waals surface area contributed by atoms with E-state index in [-0.39, 0.29) is 0 Å². The summed E-state index contributed by atoms with van der Waals surface area (Å²) in [7, 11) is 0. The Balaban J connectivity index is 1.87. The fraction of sp³-hybridized carbons (Fsp3) is 1.00. The van der Waals surface area contributed by atoms with E-state index >= 15 is 0 Å². The standard InChI is InChI=1S/C18H36N2/c1-5-19-14-15-10-12-20(13-11-15)17-9-7-6-8-16(17)18(2,3)4/h15-17,19H,5-14H2,1-4H3. The van der Waals surface area contributed by atoms with E-state index in [9.17, 15) is 0 Å². The number of nitrogens with one attached hydrogen (secondary N) is 1. The third-order valence-electron chi connectivity index (χ3n) is 5.64. The van der Waals surface area contributed by atoms with Gasteiger partial charge >= 0.3 is 0 Å². The van der Waals surface area contributed by atoms with Crippen molar-refractivity contribution in [3.63, 3.8) is 0 Å². The maximum absolute atomic E-state index is 3.53. The molecule has 1 saturated carbocycles. The molecule has 2 heteroatoms. The van der Waals surface area contributed by atoms with Gasteiger partial charge in [0, 0.05) is 6.04 Å². The second-order valence-electron chi connectivity index (χ2n) is 8.11. The Morgan fingerprint density at radius 1 is 1.00 bits per heavy atom. The summed E-state index contributed by atoms with van der Waals surface area (Å²) in [5, 5.41) is 3.53. The van der Waals surface area contributed by atoms with Crippen molar-refractivity contribution >= 4 is 0 Å². The molecule has 1 aliphatic heterocycles. The molecule has 1 N–H and O–H groups in total. The second kappa shape index (κ2) is 7.26. The molecule has 2 fully saturated rings. The average Bonchev–Trinajstić information content (AvgIpc) is 2.45. The van der Waals surface area contributed by atoms with Gasteiger partial charge in [0.1, 0.15) is 0 Å². The van der Waals surface area contributed by atoms with Crippen molar-refractivity contribution in [3.05, 3.63) is 0 Å². The maximum atomic E-state index is 3.53. The first-order valence-corrected chi connectivity index (χ1v) is 8.97. The summed E-state index contributed by atoms with van der Waals surface area (Å²) < 4.78 is 0. The summed E-state index contributed by atoms with van der Waals surface area (Å²) in [6.07, 6.45) is 8.61. The van der Waals surface area contributed by atoms with Crippen LogP contribution in [0, 0.1) is 17.3 Å². The number of piperidine rings is 1. The van der Waals surface area contributed by atoms with Crippen LogP contribution in [0.5, 0.6) is 0 Å². The Morgan fingerprint density at radius 3 is 2.25 bits per heavy atom. The lowest BCUT2D eigenvalue weighted by molar-refractivity contribution is 0.0213. The lowest BCUT2D eigenvalue weighted by Crippen LogP contribution is -2.50. The summed E-state index contributed by atoms with van der Waals surface area (Å²) >= 11 is 0. The molecule has 118 valence electrons. The molecule has 2 nitrogen and oxygen atoms in total. The van der Waals surface area contributed by atoms with Crippen molar-refractivity contribution in [1.29, 1.82) is 0 Å². The van der Waals surface area contributed by atoms with Gasteiger partial charge in [-0.1, -0.05) is 40.5 Å². The number of hydrogen-bond donors (Lipinski definition) is 1. The minimum atomic E-state index is 0.478. The zero-order valence-electron chi connectivity index (χ0n) is 14.3. The van der Waals surface area contributed by atoms with Gasteiger partial charge in [0.15, 0.2) is 0 Å².